The molecule has 136 valence electrons. The zero-order valence-corrected chi connectivity index (χ0v) is 18.0. The second kappa shape index (κ2) is 9.82. The van der Waals surface area contributed by atoms with Gasteiger partial charge in [-0.3, -0.25) is 0 Å². The number of anilines is 1. The van der Waals surface area contributed by atoms with Gasteiger partial charge in [-0.05, 0) is 37.1 Å². The van der Waals surface area contributed by atoms with Crippen LogP contribution in [0, 0.1) is 6.92 Å². The van der Waals surface area contributed by atoms with Gasteiger partial charge in [0, 0.05) is 19.2 Å². The molecule has 1 aromatic carbocycles. The van der Waals surface area contributed by atoms with Crippen LogP contribution in [-0.4, -0.2) is 39.5 Å². The molecule has 0 atom stereocenters. The van der Waals surface area contributed by atoms with Crippen molar-refractivity contribution in [3.8, 4) is 0 Å². The monoisotopic (exact) mass is 386 g/mol. The van der Waals surface area contributed by atoms with Crippen molar-refractivity contribution >= 4 is 15.8 Å². The van der Waals surface area contributed by atoms with Gasteiger partial charge < -0.3 is 10.9 Å². The Morgan fingerprint density at radius 1 is 1.15 bits per heavy atom. The van der Waals surface area contributed by atoms with E-state index < -0.39 is 10.0 Å². The second-order valence-electron chi connectivity index (χ2n) is 5.84. The average molecular weight is 386 g/mol. The summed E-state index contributed by atoms with van der Waals surface area (Å²) in [7, 11) is -3.69. The van der Waals surface area contributed by atoms with E-state index in [1.54, 1.807) is 49.5 Å². The van der Waals surface area contributed by atoms with Gasteiger partial charge in [0.25, 0.3) is 10.0 Å². The Hall–Kier alpha value is -0.960. The zero-order chi connectivity index (χ0) is 17.7. The second-order valence-corrected chi connectivity index (χ2v) is 7.67. The number of sulfonamides is 1. The van der Waals surface area contributed by atoms with E-state index in [4.69, 9.17) is 9.47 Å². The number of aromatic nitrogens is 1. The van der Waals surface area contributed by atoms with E-state index in [9.17, 15) is 8.42 Å². The summed E-state index contributed by atoms with van der Waals surface area (Å²) in [5, 5.41) is 0. The van der Waals surface area contributed by atoms with Crippen molar-refractivity contribution in [1.82, 2.24) is 4.98 Å². The Morgan fingerprint density at radius 3 is 2.50 bits per heavy atom. The summed E-state index contributed by atoms with van der Waals surface area (Å²) >= 11 is 0. The standard InChI is InChI=1S/C18H22N2O4S.Na.H/c1-15-7-2-3-8-16(15)25(21,22)20(17-9-4-5-11-19-17)12-6-10-18-23-13-14-24-18;;/h2-5,7-9,11,18H,6,10,12-14H2,1H3;;/q;+1;-1. The smallest absolute Gasteiger partial charge is 1.00 e. The summed E-state index contributed by atoms with van der Waals surface area (Å²) in [6.45, 7) is 3.30. The van der Waals surface area contributed by atoms with Crippen molar-refractivity contribution in [3.63, 3.8) is 0 Å². The van der Waals surface area contributed by atoms with Crippen LogP contribution in [0.15, 0.2) is 53.6 Å². The quantitative estimate of drug-likeness (QED) is 0.620. The van der Waals surface area contributed by atoms with Crippen molar-refractivity contribution in [1.29, 1.82) is 0 Å². The Labute approximate surface area is 178 Å². The van der Waals surface area contributed by atoms with Gasteiger partial charge >= 0.3 is 29.6 Å². The number of nitrogens with zero attached hydrogens (tertiary/aromatic N) is 2. The number of pyridine rings is 1. The van der Waals surface area contributed by atoms with Gasteiger partial charge in [0.05, 0.1) is 18.1 Å². The molecular formula is C18H23N2NaO4S. The van der Waals surface area contributed by atoms with Crippen LogP contribution in [0.1, 0.15) is 19.8 Å². The largest absolute Gasteiger partial charge is 1.00 e. The third kappa shape index (κ3) is 5.06. The fraction of sp³-hybridized carbons (Fsp3) is 0.389. The number of aryl methyl sites for hydroxylation is 1. The molecule has 0 unspecified atom stereocenters. The molecule has 0 amide bonds. The topological polar surface area (TPSA) is 68.7 Å². The number of hydrogen-bond donors (Lipinski definition) is 0. The molecule has 1 fully saturated rings. The van der Waals surface area contributed by atoms with Crippen molar-refractivity contribution in [2.45, 2.75) is 31.0 Å². The van der Waals surface area contributed by atoms with Gasteiger partial charge in [-0.25, -0.2) is 17.7 Å². The summed E-state index contributed by atoms with van der Waals surface area (Å²) < 4.78 is 38.6. The molecule has 0 N–H and O–H groups in total. The molecule has 1 aliphatic heterocycles. The first-order valence-electron chi connectivity index (χ1n) is 8.31. The van der Waals surface area contributed by atoms with Crippen molar-refractivity contribution in [3.05, 3.63) is 54.2 Å². The molecule has 0 aliphatic carbocycles. The first-order valence-corrected chi connectivity index (χ1v) is 9.75. The molecule has 2 aromatic rings. The summed E-state index contributed by atoms with van der Waals surface area (Å²) in [6, 6.07) is 12.2. The molecule has 8 heteroatoms. The van der Waals surface area contributed by atoms with E-state index in [-0.39, 0.29) is 37.3 Å². The van der Waals surface area contributed by atoms with Gasteiger partial charge in [0.15, 0.2) is 6.29 Å². The average Bonchev–Trinajstić information content (AvgIpc) is 3.13. The van der Waals surface area contributed by atoms with E-state index in [1.165, 1.54) is 4.31 Å². The molecule has 0 spiro atoms. The SMILES string of the molecule is Cc1ccccc1S(=O)(=O)N(CCCC1OCCO1)c1ccccn1.[H-].[Na+]. The molecule has 0 radical (unpaired) electrons. The van der Waals surface area contributed by atoms with Crippen LogP contribution in [-0.2, 0) is 19.5 Å². The number of hydrogen-bond acceptors (Lipinski definition) is 5. The molecule has 1 aliphatic rings. The van der Waals surface area contributed by atoms with Crippen LogP contribution >= 0.6 is 0 Å². The Bertz CT molecular complexity index is 802. The maximum Gasteiger partial charge on any atom is 1.00 e. The van der Waals surface area contributed by atoms with Crippen LogP contribution in [0.25, 0.3) is 0 Å². The van der Waals surface area contributed by atoms with E-state index in [1.807, 2.05) is 6.07 Å². The van der Waals surface area contributed by atoms with Crippen molar-refractivity contribution in [2.75, 3.05) is 24.1 Å². The predicted molar refractivity (Wildman–Crippen MR) is 96.0 cm³/mol. The van der Waals surface area contributed by atoms with Crippen LogP contribution in [0.3, 0.4) is 0 Å². The summed E-state index contributed by atoms with van der Waals surface area (Å²) in [5.74, 6) is 0.416. The Kier molecular flexibility index (Phi) is 8.06. The van der Waals surface area contributed by atoms with E-state index in [0.717, 1.165) is 0 Å². The molecule has 1 saturated heterocycles. The first kappa shape index (κ1) is 21.3. The Balaban J connectivity index is 0.00000182. The normalized spacial score (nSPS) is 14.8. The molecule has 2 heterocycles. The molecular weight excluding hydrogens is 363 g/mol. The van der Waals surface area contributed by atoms with Crippen LogP contribution in [0.5, 0.6) is 0 Å². The first-order chi connectivity index (χ1) is 12.1. The van der Waals surface area contributed by atoms with E-state index in [0.29, 0.717) is 48.9 Å². The molecule has 0 saturated carbocycles. The summed E-state index contributed by atoms with van der Waals surface area (Å²) in [5.41, 5.74) is 0.714. The van der Waals surface area contributed by atoms with Gasteiger partial charge in [-0.2, -0.15) is 0 Å². The number of ether oxygens (including phenoxy) is 2. The van der Waals surface area contributed by atoms with Gasteiger partial charge in [0.1, 0.15) is 5.82 Å². The van der Waals surface area contributed by atoms with Gasteiger partial charge in [-0.15, -0.1) is 0 Å². The third-order valence-corrected chi connectivity index (χ3v) is 6.02. The zero-order valence-electron chi connectivity index (χ0n) is 16.2. The van der Waals surface area contributed by atoms with Crippen LogP contribution in [0.2, 0.25) is 0 Å². The predicted octanol–water partition coefficient (Wildman–Crippen LogP) is -0.145. The Morgan fingerprint density at radius 2 is 1.85 bits per heavy atom. The molecule has 3 rings (SSSR count). The van der Waals surface area contributed by atoms with E-state index in [2.05, 4.69) is 4.98 Å². The molecule has 26 heavy (non-hydrogen) atoms. The summed E-state index contributed by atoms with van der Waals surface area (Å²) in [6.07, 6.45) is 2.62. The molecule has 0 bridgehead atoms. The van der Waals surface area contributed by atoms with Gasteiger partial charge in [-0.1, -0.05) is 24.3 Å². The van der Waals surface area contributed by atoms with Crippen molar-refractivity contribution in [2.24, 2.45) is 0 Å². The van der Waals surface area contributed by atoms with Crippen LogP contribution in [0.4, 0.5) is 5.82 Å². The van der Waals surface area contributed by atoms with Gasteiger partial charge in [0.2, 0.25) is 0 Å². The maximum absolute atomic E-state index is 13.2. The van der Waals surface area contributed by atoms with Crippen LogP contribution < -0.4 is 33.9 Å². The summed E-state index contributed by atoms with van der Waals surface area (Å²) in [4.78, 5) is 4.54. The molecule has 6 nitrogen and oxygen atoms in total. The fourth-order valence-electron chi connectivity index (χ4n) is 2.80. The minimum Gasteiger partial charge on any atom is -1.00 e. The maximum atomic E-state index is 13.2. The minimum atomic E-state index is -3.69. The third-order valence-electron chi connectivity index (χ3n) is 4.06. The van der Waals surface area contributed by atoms with Crippen molar-refractivity contribution < 1.29 is 48.9 Å². The van der Waals surface area contributed by atoms with E-state index >= 15 is 0 Å². The fourth-order valence-corrected chi connectivity index (χ4v) is 4.49. The number of rotatable bonds is 7. The number of benzene rings is 1. The molecule has 1 aromatic heterocycles. The minimum absolute atomic E-state index is 0.